The van der Waals surface area contributed by atoms with Crippen molar-refractivity contribution in [2.24, 2.45) is 7.05 Å². The molecule has 0 aliphatic carbocycles. The van der Waals surface area contributed by atoms with E-state index in [9.17, 15) is 34.2 Å². The molecular weight excluding hydrogens is 610 g/mol. The summed E-state index contributed by atoms with van der Waals surface area (Å²) in [6.45, 7) is 0. The van der Waals surface area contributed by atoms with Crippen LogP contribution in [0.15, 0.2) is 69.1 Å². The van der Waals surface area contributed by atoms with Crippen molar-refractivity contribution >= 4 is 46.4 Å². The summed E-state index contributed by atoms with van der Waals surface area (Å²) in [5, 5.41) is 39.1. The Kier molecular flexibility index (Phi) is 8.16. The Morgan fingerprint density at radius 1 is 0.778 bits per heavy atom. The van der Waals surface area contributed by atoms with Crippen molar-refractivity contribution in [3.05, 3.63) is 102 Å². The fourth-order valence-corrected chi connectivity index (χ4v) is 4.20. The van der Waals surface area contributed by atoms with Gasteiger partial charge < -0.3 is 25.8 Å². The molecule has 0 atom stereocenters. The zero-order chi connectivity index (χ0) is 32.2. The number of hydrogen-bond donors (Lipinski definition) is 9. The third-order valence-corrected chi connectivity index (χ3v) is 6.20. The molecule has 0 saturated carbocycles. The van der Waals surface area contributed by atoms with E-state index >= 15 is 0 Å². The number of aromatic hydroxyl groups is 2. The highest BCUT2D eigenvalue weighted by Crippen LogP contribution is 2.20. The van der Waals surface area contributed by atoms with Gasteiger partial charge in [-0.15, -0.1) is 0 Å². The molecule has 45 heavy (non-hydrogen) atoms. The predicted octanol–water partition coefficient (Wildman–Crippen LogP) is 1.08. The van der Waals surface area contributed by atoms with Gasteiger partial charge in [-0.05, 0) is 54.2 Å². The average molecular weight is 632 g/mol. The summed E-state index contributed by atoms with van der Waals surface area (Å²) in [6.07, 6.45) is 1.64. The summed E-state index contributed by atoms with van der Waals surface area (Å²) < 4.78 is -0.0621. The highest BCUT2D eigenvalue weighted by atomic mass is 32.1. The number of benzene rings is 2. The minimum absolute atomic E-state index is 0.0621. The summed E-state index contributed by atoms with van der Waals surface area (Å²) in [7, 11) is 1.66. The van der Waals surface area contributed by atoms with Gasteiger partial charge in [0.15, 0.2) is 15.9 Å². The van der Waals surface area contributed by atoms with Crippen LogP contribution in [0, 0.1) is 4.77 Å². The Morgan fingerprint density at radius 2 is 1.38 bits per heavy atom. The maximum atomic E-state index is 12.1. The molecule has 9 N–H and O–H groups in total. The fraction of sp³-hybridized carbons (Fsp3) is 0.0385. The van der Waals surface area contributed by atoms with E-state index in [-0.39, 0.29) is 4.77 Å². The molecule has 0 saturated heterocycles. The highest BCUT2D eigenvalue weighted by molar-refractivity contribution is 7.71. The zero-order valence-electron chi connectivity index (χ0n) is 22.8. The molecule has 18 nitrogen and oxygen atoms in total. The molecule has 0 radical (unpaired) electrons. The Balaban J connectivity index is 0.000000178. The normalized spacial score (nSPS) is 10.6. The number of hydrogen-bond acceptors (Lipinski definition) is 11. The summed E-state index contributed by atoms with van der Waals surface area (Å²) in [5.41, 5.74) is 0.0949. The lowest BCUT2D eigenvalue weighted by atomic mass is 10.1. The van der Waals surface area contributed by atoms with Crippen molar-refractivity contribution in [2.75, 3.05) is 10.6 Å². The van der Waals surface area contributed by atoms with Crippen molar-refractivity contribution in [2.45, 2.75) is 0 Å². The quantitative estimate of drug-likeness (QED) is 0.121. The number of nitrogens with zero attached hydrogens (tertiary/aromatic N) is 4. The van der Waals surface area contributed by atoms with Crippen LogP contribution in [0.3, 0.4) is 0 Å². The third kappa shape index (κ3) is 6.73. The first-order chi connectivity index (χ1) is 21.5. The fourth-order valence-electron chi connectivity index (χ4n) is 4.01. The molecule has 0 spiro atoms. The van der Waals surface area contributed by atoms with Crippen LogP contribution < -0.4 is 27.4 Å². The molecule has 2 amide bonds. The number of anilines is 2. The molecular formula is C26H21N11O7S. The van der Waals surface area contributed by atoms with Crippen molar-refractivity contribution in [1.82, 2.24) is 45.1 Å². The summed E-state index contributed by atoms with van der Waals surface area (Å²) >= 11 is 4.71. The number of fused-ring (bicyclic) bond motifs is 1. The van der Waals surface area contributed by atoms with Crippen molar-refractivity contribution in [3.8, 4) is 23.0 Å². The van der Waals surface area contributed by atoms with Gasteiger partial charge in [-0.2, -0.15) is 20.1 Å². The number of rotatable bonds is 5. The second kappa shape index (κ2) is 12.3. The van der Waals surface area contributed by atoms with Crippen LogP contribution in [0.4, 0.5) is 11.4 Å². The van der Waals surface area contributed by atoms with Gasteiger partial charge in [0.25, 0.3) is 22.9 Å². The standard InChI is InChI=1S/C14H11N5O3S.C12H10N6O4/c20-11(10-12(21)17-14(23)18-13(10)22)16-8-3-1-7(2-4-8)9-5-6-15-19-9;1-18-16-6-3-2-5(4-7(6)17-18)13-9(19)8-10(20)14-12(22)15-11(8)21/h1-6H,(H,15,19)(H,16,20)(H3,17,18,21,22,23);2-4H,1H3,(H,13,19)(H3,14,15,20,21,22). The van der Waals surface area contributed by atoms with Crippen LogP contribution in [-0.4, -0.2) is 67.2 Å². The second-order valence-corrected chi connectivity index (χ2v) is 9.52. The van der Waals surface area contributed by atoms with E-state index < -0.39 is 51.5 Å². The van der Waals surface area contributed by atoms with Crippen molar-refractivity contribution in [3.63, 3.8) is 0 Å². The van der Waals surface area contributed by atoms with Gasteiger partial charge in [0.05, 0.1) is 5.69 Å². The lowest BCUT2D eigenvalue weighted by Crippen LogP contribution is -2.30. The lowest BCUT2D eigenvalue weighted by molar-refractivity contribution is 0.101. The topological polar surface area (TPSA) is 272 Å². The van der Waals surface area contributed by atoms with Crippen molar-refractivity contribution < 1.29 is 19.8 Å². The number of carbonyl (C=O) groups excluding carboxylic acids is 2. The van der Waals surface area contributed by atoms with E-state index in [1.165, 1.54) is 4.80 Å². The molecule has 19 heteroatoms. The molecule has 4 aromatic heterocycles. The number of aromatic amines is 5. The average Bonchev–Trinajstić information content (AvgIpc) is 3.62. The van der Waals surface area contributed by atoms with E-state index in [0.29, 0.717) is 22.4 Å². The first-order valence-corrected chi connectivity index (χ1v) is 13.0. The van der Waals surface area contributed by atoms with Gasteiger partial charge in [-0.25, -0.2) is 4.79 Å². The number of H-pyrrole nitrogens is 5. The number of aromatic nitrogens is 9. The molecule has 0 fully saturated rings. The Hall–Kier alpha value is -6.63. The van der Waals surface area contributed by atoms with Crippen LogP contribution in [0.5, 0.6) is 11.8 Å². The van der Waals surface area contributed by atoms with Crippen LogP contribution in [0.25, 0.3) is 22.3 Å². The summed E-state index contributed by atoms with van der Waals surface area (Å²) in [5.74, 6) is -2.99. The molecule has 6 rings (SSSR count). The smallest absolute Gasteiger partial charge is 0.328 e. The Morgan fingerprint density at radius 3 is 2.00 bits per heavy atom. The van der Waals surface area contributed by atoms with Gasteiger partial charge >= 0.3 is 5.69 Å². The molecule has 0 aliphatic heterocycles. The van der Waals surface area contributed by atoms with Gasteiger partial charge in [0.2, 0.25) is 11.8 Å². The van der Waals surface area contributed by atoms with Gasteiger partial charge in [0, 0.05) is 24.6 Å². The molecule has 228 valence electrons. The van der Waals surface area contributed by atoms with E-state index in [0.717, 1.165) is 11.3 Å². The van der Waals surface area contributed by atoms with E-state index in [1.807, 2.05) is 16.0 Å². The Bertz CT molecular complexity index is 2280. The second-order valence-electron chi connectivity index (χ2n) is 9.11. The number of nitrogens with one attached hydrogen (secondary N) is 7. The molecule has 0 aliphatic rings. The van der Waals surface area contributed by atoms with Crippen LogP contribution in [-0.2, 0) is 7.05 Å². The van der Waals surface area contributed by atoms with Crippen LogP contribution >= 0.6 is 12.2 Å². The maximum absolute atomic E-state index is 12.1. The number of carbonyl (C=O) groups is 2. The molecule has 4 heterocycles. The van der Waals surface area contributed by atoms with Gasteiger partial charge in [-0.1, -0.05) is 12.1 Å². The summed E-state index contributed by atoms with van der Waals surface area (Å²) in [4.78, 5) is 68.2. The highest BCUT2D eigenvalue weighted by Gasteiger charge is 2.19. The number of aryl methyl sites for hydroxylation is 1. The van der Waals surface area contributed by atoms with Gasteiger partial charge in [-0.3, -0.25) is 39.2 Å². The first-order valence-electron chi connectivity index (χ1n) is 12.6. The van der Waals surface area contributed by atoms with E-state index in [1.54, 1.807) is 55.7 Å². The van der Waals surface area contributed by atoms with Gasteiger partial charge in [0.1, 0.15) is 11.0 Å². The third-order valence-electron chi connectivity index (χ3n) is 5.99. The first kappa shape index (κ1) is 29.8. The maximum Gasteiger partial charge on any atom is 0.328 e. The summed E-state index contributed by atoms with van der Waals surface area (Å²) in [6, 6.07) is 13.5. The Labute approximate surface area is 253 Å². The van der Waals surface area contributed by atoms with Crippen LogP contribution in [0.2, 0.25) is 0 Å². The minimum atomic E-state index is -0.987. The van der Waals surface area contributed by atoms with Crippen LogP contribution in [0.1, 0.15) is 20.7 Å². The van der Waals surface area contributed by atoms with E-state index in [2.05, 4.69) is 41.0 Å². The number of amides is 2. The minimum Gasteiger partial charge on any atom is -0.494 e. The monoisotopic (exact) mass is 631 g/mol. The van der Waals surface area contributed by atoms with Crippen molar-refractivity contribution in [1.29, 1.82) is 0 Å². The van der Waals surface area contributed by atoms with E-state index in [4.69, 9.17) is 12.2 Å². The largest absolute Gasteiger partial charge is 0.494 e. The predicted molar refractivity (Wildman–Crippen MR) is 162 cm³/mol. The zero-order valence-corrected chi connectivity index (χ0v) is 23.6. The molecule has 0 bridgehead atoms. The molecule has 6 aromatic rings. The SMILES string of the molecule is Cn1nc2ccc(NC(=O)c3c(O)[nH]c(=O)[nH]c3=O)cc2n1.O=C(Nc1ccc(-c2ccn[nH]2)cc1)c1c(O)[nH]c(=S)[nH]c1=O. The molecule has 0 unspecified atom stereocenters. The molecule has 2 aromatic carbocycles. The lowest BCUT2D eigenvalue weighted by Gasteiger charge is -2.06.